The number of hydrogen-bond donors (Lipinski definition) is 3. The van der Waals surface area contributed by atoms with E-state index in [-0.39, 0.29) is 6.54 Å². The zero-order valence-electron chi connectivity index (χ0n) is 11.7. The molecule has 0 radical (unpaired) electrons. The first-order chi connectivity index (χ1) is 9.84. The lowest BCUT2D eigenvalue weighted by atomic mass is 9.96. The number of nitrogens with one attached hydrogen (secondary N) is 1. The van der Waals surface area contributed by atoms with E-state index in [4.69, 9.17) is 15.2 Å². The van der Waals surface area contributed by atoms with Gasteiger partial charge in [0.15, 0.2) is 17.4 Å². The number of ether oxygens (including phenoxy) is 2. The number of aromatic nitrogens is 2. The first kappa shape index (κ1) is 15.6. The van der Waals surface area contributed by atoms with E-state index in [9.17, 15) is 19.5 Å². The van der Waals surface area contributed by atoms with E-state index in [0.717, 1.165) is 10.6 Å². The molecule has 4 N–H and O–H groups in total. The smallest absolute Gasteiger partial charge is 0.330 e. The number of nitrogens with two attached hydrogens (primary N) is 1. The third-order valence-electron chi connectivity index (χ3n) is 3.70. The second kappa shape index (κ2) is 5.19. The van der Waals surface area contributed by atoms with Gasteiger partial charge in [-0.15, -0.1) is 0 Å². The van der Waals surface area contributed by atoms with Crippen LogP contribution in [0.5, 0.6) is 0 Å². The van der Waals surface area contributed by atoms with Gasteiger partial charge >= 0.3 is 5.69 Å². The van der Waals surface area contributed by atoms with Gasteiger partial charge in [0.05, 0.1) is 6.61 Å². The summed E-state index contributed by atoms with van der Waals surface area (Å²) in [6.07, 6.45) is 0.0431. The number of carbonyl (C=O) groups excluding carboxylic acids is 1. The maximum Gasteiger partial charge on any atom is 0.330 e. The van der Waals surface area contributed by atoms with Gasteiger partial charge in [-0.1, -0.05) is 0 Å². The van der Waals surface area contributed by atoms with Crippen molar-refractivity contribution in [3.05, 3.63) is 33.1 Å². The van der Waals surface area contributed by atoms with Crippen LogP contribution in [0.1, 0.15) is 6.92 Å². The maximum atomic E-state index is 12.4. The van der Waals surface area contributed by atoms with Crippen LogP contribution in [0.2, 0.25) is 0 Å². The Balaban J connectivity index is 2.62. The predicted molar refractivity (Wildman–Crippen MR) is 70.7 cm³/mol. The van der Waals surface area contributed by atoms with E-state index in [1.165, 1.54) is 20.2 Å². The van der Waals surface area contributed by atoms with Crippen molar-refractivity contribution in [3.63, 3.8) is 0 Å². The van der Waals surface area contributed by atoms with Crippen molar-refractivity contribution in [1.29, 1.82) is 0 Å². The number of nitrogens with zero attached hydrogens (tertiary/aromatic N) is 1. The third-order valence-corrected chi connectivity index (χ3v) is 3.70. The quantitative estimate of drug-likeness (QED) is 0.559. The molecule has 1 aliphatic heterocycles. The van der Waals surface area contributed by atoms with E-state index in [1.807, 2.05) is 0 Å². The second-order valence-electron chi connectivity index (χ2n) is 4.97. The fourth-order valence-corrected chi connectivity index (χ4v) is 2.57. The second-order valence-corrected chi connectivity index (χ2v) is 4.97. The molecule has 0 aromatic carbocycles. The summed E-state index contributed by atoms with van der Waals surface area (Å²) >= 11 is 0. The Hall–Kier alpha value is -1.81. The van der Waals surface area contributed by atoms with Crippen LogP contribution in [0.4, 0.5) is 0 Å². The number of hydrogen-bond acceptors (Lipinski definition) is 7. The van der Waals surface area contributed by atoms with Gasteiger partial charge in [0.1, 0.15) is 0 Å². The van der Waals surface area contributed by atoms with E-state index in [0.29, 0.717) is 0 Å². The molecule has 1 aliphatic rings. The Bertz CT molecular complexity index is 661. The van der Waals surface area contributed by atoms with Crippen LogP contribution in [0, 0.1) is 0 Å². The number of aliphatic hydroxyl groups excluding tert-OH is 1. The van der Waals surface area contributed by atoms with Crippen molar-refractivity contribution >= 4 is 5.78 Å². The molecule has 0 spiro atoms. The molecule has 1 aromatic heterocycles. The Labute approximate surface area is 119 Å². The van der Waals surface area contributed by atoms with Crippen LogP contribution < -0.4 is 17.0 Å². The van der Waals surface area contributed by atoms with Gasteiger partial charge < -0.3 is 20.3 Å². The molecular formula is C12H17N3O6. The van der Waals surface area contributed by atoms with Gasteiger partial charge in [0.25, 0.3) is 5.56 Å². The zero-order chi connectivity index (χ0) is 15.8. The molecule has 9 heteroatoms. The topological polar surface area (TPSA) is 137 Å². The molecule has 2 rings (SSSR count). The van der Waals surface area contributed by atoms with Crippen molar-refractivity contribution in [1.82, 2.24) is 9.55 Å². The maximum absolute atomic E-state index is 12.4. The SMILES string of the molecule is CO[C@@H]1C(=O)[C@@](CN)(CO)O[C@@]1(C)n1ccc(=O)[nH]c1=O. The number of methoxy groups -OCH3 is 1. The number of aliphatic hydroxyl groups is 1. The highest BCUT2D eigenvalue weighted by molar-refractivity contribution is 5.94. The monoisotopic (exact) mass is 299 g/mol. The molecule has 3 atom stereocenters. The Morgan fingerprint density at radius 2 is 2.19 bits per heavy atom. The van der Waals surface area contributed by atoms with Gasteiger partial charge in [0.2, 0.25) is 5.78 Å². The summed E-state index contributed by atoms with van der Waals surface area (Å²) in [5.41, 5.74) is 1.02. The molecule has 2 heterocycles. The molecule has 0 bridgehead atoms. The summed E-state index contributed by atoms with van der Waals surface area (Å²) < 4.78 is 11.8. The molecule has 1 aromatic rings. The highest BCUT2D eigenvalue weighted by Crippen LogP contribution is 2.38. The number of ketones is 1. The van der Waals surface area contributed by atoms with Crippen molar-refractivity contribution in [2.45, 2.75) is 24.4 Å². The van der Waals surface area contributed by atoms with E-state index in [2.05, 4.69) is 4.98 Å². The number of aromatic amines is 1. The van der Waals surface area contributed by atoms with Gasteiger partial charge in [-0.05, 0) is 6.92 Å². The van der Waals surface area contributed by atoms with Crippen LogP contribution in [0.25, 0.3) is 0 Å². The minimum Gasteiger partial charge on any atom is -0.393 e. The number of H-pyrrole nitrogens is 1. The highest BCUT2D eigenvalue weighted by atomic mass is 16.6. The molecule has 1 saturated heterocycles. The Morgan fingerprint density at radius 3 is 2.67 bits per heavy atom. The molecule has 116 valence electrons. The normalized spacial score (nSPS) is 32.6. The standard InChI is InChI=1S/C12H17N3O6/c1-11(15-4-3-7(17)14-10(15)19)9(20-2)8(18)12(5-13,6-16)21-11/h3-4,9,16H,5-6,13H2,1-2H3,(H,14,17,19)/t9-,11-,12-/m1/s1. The fourth-order valence-electron chi connectivity index (χ4n) is 2.57. The first-order valence-electron chi connectivity index (χ1n) is 6.25. The van der Waals surface area contributed by atoms with Crippen molar-refractivity contribution in [3.8, 4) is 0 Å². The molecule has 0 saturated carbocycles. The van der Waals surface area contributed by atoms with Crippen molar-refractivity contribution in [2.24, 2.45) is 5.73 Å². The fraction of sp³-hybridized carbons (Fsp3) is 0.583. The summed E-state index contributed by atoms with van der Waals surface area (Å²) in [6.45, 7) is 0.539. The van der Waals surface area contributed by atoms with Gasteiger partial charge in [-0.25, -0.2) is 4.79 Å². The Kier molecular flexibility index (Phi) is 3.85. The van der Waals surface area contributed by atoms with Crippen LogP contribution in [0.15, 0.2) is 21.9 Å². The number of rotatable bonds is 4. The van der Waals surface area contributed by atoms with Gasteiger partial charge in [-0.3, -0.25) is 19.1 Å². The van der Waals surface area contributed by atoms with Gasteiger partial charge in [-0.2, -0.15) is 0 Å². The van der Waals surface area contributed by atoms with Crippen LogP contribution >= 0.6 is 0 Å². The van der Waals surface area contributed by atoms with E-state index < -0.39 is 41.1 Å². The summed E-state index contributed by atoms with van der Waals surface area (Å²) in [5.74, 6) is -0.560. The summed E-state index contributed by atoms with van der Waals surface area (Å²) in [5, 5.41) is 9.47. The lowest BCUT2D eigenvalue weighted by Crippen LogP contribution is -2.50. The molecule has 1 fully saturated rings. The largest absolute Gasteiger partial charge is 0.393 e. The number of Topliss-reactive ketones (excluding diaryl/α,β-unsaturated/α-hetero) is 1. The minimum absolute atomic E-state index is 0.268. The first-order valence-corrected chi connectivity index (χ1v) is 6.25. The predicted octanol–water partition coefficient (Wildman–Crippen LogP) is -2.49. The zero-order valence-corrected chi connectivity index (χ0v) is 11.7. The number of carbonyl (C=O) groups is 1. The molecule has 21 heavy (non-hydrogen) atoms. The van der Waals surface area contributed by atoms with Crippen LogP contribution in [0.3, 0.4) is 0 Å². The minimum atomic E-state index is -1.65. The Morgan fingerprint density at radius 1 is 1.52 bits per heavy atom. The summed E-state index contributed by atoms with van der Waals surface area (Å²) in [4.78, 5) is 37.6. The van der Waals surface area contributed by atoms with Crippen molar-refractivity contribution < 1.29 is 19.4 Å². The van der Waals surface area contributed by atoms with Crippen molar-refractivity contribution in [2.75, 3.05) is 20.3 Å². The lowest BCUT2D eigenvalue weighted by molar-refractivity contribution is -0.178. The average molecular weight is 299 g/mol. The average Bonchev–Trinajstić information content (AvgIpc) is 2.67. The molecule has 9 nitrogen and oxygen atoms in total. The molecule has 0 aliphatic carbocycles. The van der Waals surface area contributed by atoms with Gasteiger partial charge in [0, 0.05) is 25.9 Å². The van der Waals surface area contributed by atoms with Crippen LogP contribution in [-0.2, 0) is 20.0 Å². The highest BCUT2D eigenvalue weighted by Gasteiger charge is 2.61. The molecule has 0 amide bonds. The molecular weight excluding hydrogens is 282 g/mol. The van der Waals surface area contributed by atoms with E-state index >= 15 is 0 Å². The molecule has 0 unspecified atom stereocenters. The summed E-state index contributed by atoms with van der Waals surface area (Å²) in [6, 6.07) is 1.12. The lowest BCUT2D eigenvalue weighted by Gasteiger charge is -2.32. The van der Waals surface area contributed by atoms with E-state index in [1.54, 1.807) is 0 Å². The summed E-state index contributed by atoms with van der Waals surface area (Å²) in [7, 11) is 1.28. The van der Waals surface area contributed by atoms with Crippen LogP contribution in [-0.4, -0.2) is 52.4 Å². The third kappa shape index (κ3) is 2.14.